The van der Waals surface area contributed by atoms with E-state index in [0.29, 0.717) is 12.5 Å². The highest BCUT2D eigenvalue weighted by molar-refractivity contribution is 7.88. The SMILES string of the molecule is Cc1ccc(C(C)(C)C2CCC(CCc3ccc(F)s3)(CNS(C)(=O)=O)C2)cn1. The van der Waals surface area contributed by atoms with Crippen molar-refractivity contribution in [3.8, 4) is 0 Å². The molecule has 1 saturated carbocycles. The third kappa shape index (κ3) is 5.64. The molecule has 0 aliphatic heterocycles. The zero-order chi connectivity index (χ0) is 21.3. The average Bonchev–Trinajstić information content (AvgIpc) is 3.26. The van der Waals surface area contributed by atoms with Crippen LogP contribution in [0.15, 0.2) is 30.5 Å². The summed E-state index contributed by atoms with van der Waals surface area (Å²) in [6.45, 7) is 6.96. The van der Waals surface area contributed by atoms with Crippen molar-refractivity contribution >= 4 is 21.4 Å². The minimum atomic E-state index is -3.26. The lowest BCUT2D eigenvalue weighted by Gasteiger charge is -2.35. The second-order valence-corrected chi connectivity index (χ2v) is 12.1. The molecule has 7 heteroatoms. The predicted octanol–water partition coefficient (Wildman–Crippen LogP) is 4.84. The molecule has 4 nitrogen and oxygen atoms in total. The Balaban J connectivity index is 1.78. The third-order valence-corrected chi connectivity index (χ3v) is 8.22. The quantitative estimate of drug-likeness (QED) is 0.642. The molecule has 2 aromatic rings. The van der Waals surface area contributed by atoms with Gasteiger partial charge in [0.2, 0.25) is 10.0 Å². The lowest BCUT2D eigenvalue weighted by atomic mass is 9.70. The van der Waals surface area contributed by atoms with Gasteiger partial charge < -0.3 is 0 Å². The van der Waals surface area contributed by atoms with Gasteiger partial charge in [-0.3, -0.25) is 4.98 Å². The van der Waals surface area contributed by atoms with Crippen LogP contribution < -0.4 is 4.72 Å². The van der Waals surface area contributed by atoms with Crippen LogP contribution in [0.5, 0.6) is 0 Å². The van der Waals surface area contributed by atoms with Gasteiger partial charge in [0.1, 0.15) is 0 Å². The fraction of sp³-hybridized carbons (Fsp3) is 0.591. The summed E-state index contributed by atoms with van der Waals surface area (Å²) in [6.07, 6.45) is 7.78. The van der Waals surface area contributed by atoms with E-state index >= 15 is 0 Å². The van der Waals surface area contributed by atoms with Gasteiger partial charge in [-0.1, -0.05) is 19.9 Å². The van der Waals surface area contributed by atoms with Gasteiger partial charge in [0.15, 0.2) is 5.13 Å². The lowest BCUT2D eigenvalue weighted by molar-refractivity contribution is 0.233. The number of aryl methyl sites for hydroxylation is 2. The van der Waals surface area contributed by atoms with Crippen LogP contribution in [-0.4, -0.2) is 26.2 Å². The zero-order valence-electron chi connectivity index (χ0n) is 17.7. The van der Waals surface area contributed by atoms with Gasteiger partial charge in [-0.25, -0.2) is 13.1 Å². The number of rotatable bonds is 8. The highest BCUT2D eigenvalue weighted by Crippen LogP contribution is 2.51. The van der Waals surface area contributed by atoms with Crippen LogP contribution in [0, 0.1) is 23.4 Å². The summed E-state index contributed by atoms with van der Waals surface area (Å²) in [5, 5.41) is -0.166. The maximum atomic E-state index is 13.4. The van der Waals surface area contributed by atoms with Gasteiger partial charge in [-0.15, -0.1) is 11.3 Å². The van der Waals surface area contributed by atoms with Gasteiger partial charge in [-0.05, 0) is 79.5 Å². The summed E-state index contributed by atoms with van der Waals surface area (Å²) in [6, 6.07) is 7.56. The molecule has 0 spiro atoms. The minimum absolute atomic E-state index is 0.0391. The molecular formula is C22H31FN2O2S2. The molecule has 1 N–H and O–H groups in total. The Kier molecular flexibility index (Phi) is 6.51. The van der Waals surface area contributed by atoms with E-state index in [1.807, 2.05) is 19.2 Å². The molecule has 3 rings (SSSR count). The number of sulfonamides is 1. The van der Waals surface area contributed by atoms with Crippen LogP contribution >= 0.6 is 11.3 Å². The van der Waals surface area contributed by atoms with E-state index in [2.05, 4.69) is 35.7 Å². The first-order chi connectivity index (χ1) is 13.5. The van der Waals surface area contributed by atoms with Gasteiger partial charge in [-0.2, -0.15) is 4.39 Å². The molecule has 1 aliphatic rings. The fourth-order valence-corrected chi connectivity index (χ4v) is 5.84. The van der Waals surface area contributed by atoms with E-state index in [-0.39, 0.29) is 16.0 Å². The van der Waals surface area contributed by atoms with E-state index in [1.54, 1.807) is 0 Å². The molecule has 2 atom stereocenters. The number of pyridine rings is 1. The molecule has 0 bridgehead atoms. The van der Waals surface area contributed by atoms with Crippen molar-refractivity contribution in [2.75, 3.05) is 12.8 Å². The molecule has 2 heterocycles. The number of thiophene rings is 1. The van der Waals surface area contributed by atoms with Crippen molar-refractivity contribution in [2.24, 2.45) is 11.3 Å². The molecule has 160 valence electrons. The van der Waals surface area contributed by atoms with Crippen molar-refractivity contribution in [3.63, 3.8) is 0 Å². The highest BCUT2D eigenvalue weighted by Gasteiger charge is 2.45. The van der Waals surface area contributed by atoms with Gasteiger partial charge in [0.05, 0.1) is 6.26 Å². The second-order valence-electron chi connectivity index (χ2n) is 9.15. The Morgan fingerprint density at radius 2 is 2.07 bits per heavy atom. The highest BCUT2D eigenvalue weighted by atomic mass is 32.2. The topological polar surface area (TPSA) is 59.1 Å². The number of halogens is 1. The Bertz CT molecular complexity index is 938. The van der Waals surface area contributed by atoms with E-state index < -0.39 is 10.0 Å². The van der Waals surface area contributed by atoms with Crippen molar-refractivity contribution < 1.29 is 12.8 Å². The van der Waals surface area contributed by atoms with Crippen LogP contribution in [0.1, 0.15) is 55.7 Å². The summed E-state index contributed by atoms with van der Waals surface area (Å²) < 4.78 is 39.7. The van der Waals surface area contributed by atoms with Gasteiger partial charge in [0.25, 0.3) is 0 Å². The maximum absolute atomic E-state index is 13.4. The molecule has 0 amide bonds. The number of hydrogen-bond donors (Lipinski definition) is 1. The predicted molar refractivity (Wildman–Crippen MR) is 117 cm³/mol. The number of nitrogens with zero attached hydrogens (tertiary/aromatic N) is 1. The Labute approximate surface area is 178 Å². The number of hydrogen-bond acceptors (Lipinski definition) is 4. The number of aromatic nitrogens is 1. The summed E-state index contributed by atoms with van der Waals surface area (Å²) >= 11 is 1.18. The first-order valence-corrected chi connectivity index (χ1v) is 12.8. The molecule has 29 heavy (non-hydrogen) atoms. The molecule has 1 fully saturated rings. The monoisotopic (exact) mass is 438 g/mol. The standard InChI is InChI=1S/C22H31FN2O2S2/c1-16-5-6-18(14-24-16)21(2,3)17-9-11-22(13-17,15-25-29(4,26)27)12-10-19-7-8-20(23)28-19/h5-8,14,17,25H,9-13,15H2,1-4H3. The maximum Gasteiger partial charge on any atom is 0.208 e. The molecule has 0 radical (unpaired) electrons. The van der Waals surface area contributed by atoms with E-state index in [0.717, 1.165) is 42.7 Å². The lowest BCUT2D eigenvalue weighted by Crippen LogP contribution is -2.37. The second kappa shape index (κ2) is 8.44. The normalized spacial score (nSPS) is 22.9. The van der Waals surface area contributed by atoms with E-state index in [1.165, 1.54) is 29.2 Å². The van der Waals surface area contributed by atoms with Crippen molar-refractivity contribution in [1.82, 2.24) is 9.71 Å². The smallest absolute Gasteiger partial charge is 0.208 e. The van der Waals surface area contributed by atoms with Gasteiger partial charge >= 0.3 is 0 Å². The first kappa shape index (κ1) is 22.4. The molecule has 0 aromatic carbocycles. The molecule has 2 aromatic heterocycles. The van der Waals surface area contributed by atoms with E-state index in [4.69, 9.17) is 0 Å². The van der Waals surface area contributed by atoms with Gasteiger partial charge in [0, 0.05) is 23.3 Å². The molecule has 1 aliphatic carbocycles. The summed E-state index contributed by atoms with van der Waals surface area (Å²) in [5.41, 5.74) is 2.08. The molecule has 0 saturated heterocycles. The Morgan fingerprint density at radius 3 is 2.66 bits per heavy atom. The average molecular weight is 439 g/mol. The molecular weight excluding hydrogens is 407 g/mol. The third-order valence-electron chi connectivity index (χ3n) is 6.62. The number of nitrogens with one attached hydrogen (secondary N) is 1. The van der Waals surface area contributed by atoms with E-state index in [9.17, 15) is 12.8 Å². The van der Waals surface area contributed by atoms with Crippen LogP contribution in [0.2, 0.25) is 0 Å². The van der Waals surface area contributed by atoms with Crippen LogP contribution in [0.25, 0.3) is 0 Å². The summed E-state index contributed by atoms with van der Waals surface area (Å²) in [5.74, 6) is 0.438. The fourth-order valence-electron chi connectivity index (χ4n) is 4.54. The largest absolute Gasteiger partial charge is 0.261 e. The van der Waals surface area contributed by atoms with Crippen molar-refractivity contribution in [1.29, 1.82) is 0 Å². The Hall–Kier alpha value is -1.31. The summed E-state index contributed by atoms with van der Waals surface area (Å²) in [7, 11) is -3.26. The van der Waals surface area contributed by atoms with Crippen LogP contribution in [-0.2, 0) is 21.9 Å². The molecule has 2 unspecified atom stereocenters. The zero-order valence-corrected chi connectivity index (χ0v) is 19.3. The van der Waals surface area contributed by atoms with Crippen LogP contribution in [0.3, 0.4) is 0 Å². The Morgan fingerprint density at radius 1 is 1.31 bits per heavy atom. The van der Waals surface area contributed by atoms with Crippen LogP contribution in [0.4, 0.5) is 4.39 Å². The van der Waals surface area contributed by atoms with Crippen molar-refractivity contribution in [3.05, 3.63) is 51.7 Å². The summed E-state index contributed by atoms with van der Waals surface area (Å²) in [4.78, 5) is 5.49. The van der Waals surface area contributed by atoms with Crippen molar-refractivity contribution in [2.45, 2.75) is 58.3 Å². The minimum Gasteiger partial charge on any atom is -0.261 e. The first-order valence-electron chi connectivity index (χ1n) is 10.1.